The molecule has 0 aromatic heterocycles. The minimum absolute atomic E-state index is 0.214. The third-order valence-corrected chi connectivity index (χ3v) is 1.83. The van der Waals surface area contributed by atoms with E-state index in [1.165, 1.54) is 0 Å². The summed E-state index contributed by atoms with van der Waals surface area (Å²) >= 11 is 0. The van der Waals surface area contributed by atoms with Gasteiger partial charge in [-0.15, -0.1) is 0 Å². The molecule has 58 valence electrons. The fraction of sp³-hybridized carbons (Fsp3) is 0.857. The summed E-state index contributed by atoms with van der Waals surface area (Å²) in [7, 11) is 0. The molecule has 10 heavy (non-hydrogen) atoms. The molecule has 3 nitrogen and oxygen atoms in total. The van der Waals surface area contributed by atoms with Crippen molar-refractivity contribution in [2.75, 3.05) is 6.61 Å². The average Bonchev–Trinajstić information content (AvgIpc) is 1.77. The van der Waals surface area contributed by atoms with Crippen LogP contribution < -0.4 is 0 Å². The molecule has 0 saturated carbocycles. The lowest BCUT2D eigenvalue weighted by molar-refractivity contribution is -0.144. The molecule has 0 aliphatic carbocycles. The molecule has 0 bridgehead atoms. The third kappa shape index (κ3) is 1.70. The van der Waals surface area contributed by atoms with Gasteiger partial charge in [0.1, 0.15) is 0 Å². The predicted octanol–water partition coefficient (Wildman–Crippen LogP) is 0.886. The maximum atomic E-state index is 10.3. The zero-order valence-electron chi connectivity index (χ0n) is 6.04. The van der Waals surface area contributed by atoms with Crippen LogP contribution >= 0.6 is 0 Å². The van der Waals surface area contributed by atoms with E-state index in [9.17, 15) is 4.79 Å². The summed E-state index contributed by atoms with van der Waals surface area (Å²) in [5, 5.41) is 8.49. The van der Waals surface area contributed by atoms with Crippen molar-refractivity contribution >= 4 is 5.97 Å². The summed E-state index contributed by atoms with van der Waals surface area (Å²) in [6, 6.07) is 0. The van der Waals surface area contributed by atoms with E-state index in [1.807, 2.05) is 0 Å². The molecule has 0 spiro atoms. The third-order valence-electron chi connectivity index (χ3n) is 1.83. The fourth-order valence-electron chi connectivity index (χ4n) is 0.966. The van der Waals surface area contributed by atoms with Gasteiger partial charge in [-0.3, -0.25) is 4.79 Å². The van der Waals surface area contributed by atoms with E-state index >= 15 is 0 Å². The van der Waals surface area contributed by atoms with Crippen molar-refractivity contribution in [1.29, 1.82) is 0 Å². The van der Waals surface area contributed by atoms with Crippen LogP contribution in [0.15, 0.2) is 0 Å². The summed E-state index contributed by atoms with van der Waals surface area (Å²) < 4.78 is 5.09. The normalized spacial score (nSPS) is 27.1. The second kappa shape index (κ2) is 3.01. The van der Waals surface area contributed by atoms with E-state index in [-0.39, 0.29) is 12.0 Å². The van der Waals surface area contributed by atoms with Gasteiger partial charge < -0.3 is 9.84 Å². The van der Waals surface area contributed by atoms with E-state index in [0.29, 0.717) is 6.42 Å². The summed E-state index contributed by atoms with van der Waals surface area (Å²) in [6.07, 6.45) is 1.90. The highest BCUT2D eigenvalue weighted by Crippen LogP contribution is 2.19. The Morgan fingerprint density at radius 2 is 2.50 bits per heavy atom. The van der Waals surface area contributed by atoms with Gasteiger partial charge in [-0.1, -0.05) is 6.92 Å². The van der Waals surface area contributed by atoms with Crippen molar-refractivity contribution in [3.8, 4) is 0 Å². The minimum atomic E-state index is -0.726. The Bertz CT molecular complexity index is 129. The molecule has 1 saturated heterocycles. The van der Waals surface area contributed by atoms with Crippen LogP contribution in [0.25, 0.3) is 0 Å². The Labute approximate surface area is 60.0 Å². The van der Waals surface area contributed by atoms with Crippen molar-refractivity contribution in [2.45, 2.75) is 25.9 Å². The number of aliphatic carboxylic acids is 1. The zero-order chi connectivity index (χ0) is 7.56. The van der Waals surface area contributed by atoms with Crippen LogP contribution in [0.1, 0.15) is 19.8 Å². The zero-order valence-corrected chi connectivity index (χ0v) is 6.04. The minimum Gasteiger partial charge on any atom is -0.481 e. The second-order valence-corrected chi connectivity index (χ2v) is 2.76. The van der Waals surface area contributed by atoms with Crippen LogP contribution in [0, 0.1) is 5.92 Å². The molecule has 0 aromatic rings. The monoisotopic (exact) mass is 144 g/mol. The summed E-state index contributed by atoms with van der Waals surface area (Å²) in [5.74, 6) is -0.985. The topological polar surface area (TPSA) is 46.5 Å². The van der Waals surface area contributed by atoms with Gasteiger partial charge in [-0.2, -0.15) is 0 Å². The van der Waals surface area contributed by atoms with Crippen LogP contribution in [0.5, 0.6) is 0 Å². The molecule has 1 fully saturated rings. The molecule has 3 heteroatoms. The second-order valence-electron chi connectivity index (χ2n) is 2.76. The van der Waals surface area contributed by atoms with Crippen LogP contribution in [-0.2, 0) is 9.53 Å². The van der Waals surface area contributed by atoms with Gasteiger partial charge in [0, 0.05) is 6.61 Å². The molecular formula is C7H12O3. The Hall–Kier alpha value is -0.570. The number of carbonyl (C=O) groups is 1. The Kier molecular flexibility index (Phi) is 2.27. The van der Waals surface area contributed by atoms with Crippen molar-refractivity contribution < 1.29 is 14.6 Å². The summed E-state index contributed by atoms with van der Waals surface area (Å²) in [5.41, 5.74) is 0. The van der Waals surface area contributed by atoms with Gasteiger partial charge in [-0.25, -0.2) is 0 Å². The molecule has 2 atom stereocenters. The first kappa shape index (κ1) is 7.54. The summed E-state index contributed by atoms with van der Waals surface area (Å²) in [4.78, 5) is 10.3. The van der Waals surface area contributed by atoms with Crippen molar-refractivity contribution in [3.05, 3.63) is 0 Å². The SMILES string of the molecule is C[C@H](CC1CCO1)C(=O)O. The maximum Gasteiger partial charge on any atom is 0.306 e. The van der Waals surface area contributed by atoms with Crippen molar-refractivity contribution in [1.82, 2.24) is 0 Å². The smallest absolute Gasteiger partial charge is 0.306 e. The number of ether oxygens (including phenoxy) is 1. The molecular weight excluding hydrogens is 132 g/mol. The first-order chi connectivity index (χ1) is 4.70. The van der Waals surface area contributed by atoms with Crippen LogP contribution in [-0.4, -0.2) is 23.8 Å². The molecule has 1 rings (SSSR count). The van der Waals surface area contributed by atoms with Crippen molar-refractivity contribution in [2.24, 2.45) is 5.92 Å². The van der Waals surface area contributed by atoms with Gasteiger partial charge in [0.2, 0.25) is 0 Å². The molecule has 1 aliphatic rings. The number of carboxylic acids is 1. The lowest BCUT2D eigenvalue weighted by Gasteiger charge is -2.27. The largest absolute Gasteiger partial charge is 0.481 e. The Balaban J connectivity index is 2.16. The Morgan fingerprint density at radius 1 is 1.90 bits per heavy atom. The average molecular weight is 144 g/mol. The molecule has 1 N–H and O–H groups in total. The number of hydrogen-bond acceptors (Lipinski definition) is 2. The van der Waals surface area contributed by atoms with E-state index in [2.05, 4.69) is 0 Å². The van der Waals surface area contributed by atoms with Gasteiger partial charge in [0.05, 0.1) is 12.0 Å². The maximum absolute atomic E-state index is 10.3. The number of hydrogen-bond donors (Lipinski definition) is 1. The highest BCUT2D eigenvalue weighted by molar-refractivity contribution is 5.69. The molecule has 0 aromatic carbocycles. The first-order valence-corrected chi connectivity index (χ1v) is 3.54. The first-order valence-electron chi connectivity index (χ1n) is 3.54. The van der Waals surface area contributed by atoms with E-state index in [1.54, 1.807) is 6.92 Å². The van der Waals surface area contributed by atoms with Crippen LogP contribution in [0.2, 0.25) is 0 Å². The van der Waals surface area contributed by atoms with E-state index in [4.69, 9.17) is 9.84 Å². The predicted molar refractivity (Wildman–Crippen MR) is 35.8 cm³/mol. The summed E-state index contributed by atoms with van der Waals surface area (Å²) in [6.45, 7) is 2.51. The number of rotatable bonds is 3. The van der Waals surface area contributed by atoms with Gasteiger partial charge in [-0.05, 0) is 12.8 Å². The van der Waals surface area contributed by atoms with E-state index in [0.717, 1.165) is 13.0 Å². The van der Waals surface area contributed by atoms with Gasteiger partial charge in [0.15, 0.2) is 0 Å². The lowest BCUT2D eigenvalue weighted by atomic mass is 10.00. The molecule has 0 radical (unpaired) electrons. The van der Waals surface area contributed by atoms with Crippen LogP contribution in [0.4, 0.5) is 0 Å². The highest BCUT2D eigenvalue weighted by atomic mass is 16.5. The molecule has 1 aliphatic heterocycles. The fourth-order valence-corrected chi connectivity index (χ4v) is 0.966. The van der Waals surface area contributed by atoms with Crippen LogP contribution in [0.3, 0.4) is 0 Å². The molecule has 0 amide bonds. The van der Waals surface area contributed by atoms with Gasteiger partial charge in [0.25, 0.3) is 0 Å². The van der Waals surface area contributed by atoms with Gasteiger partial charge >= 0.3 is 5.97 Å². The quantitative estimate of drug-likeness (QED) is 0.639. The molecule has 1 heterocycles. The lowest BCUT2D eigenvalue weighted by Crippen LogP contribution is -2.30. The van der Waals surface area contributed by atoms with Crippen molar-refractivity contribution in [3.63, 3.8) is 0 Å². The standard InChI is InChI=1S/C7H12O3/c1-5(7(8)9)4-6-2-3-10-6/h5-6H,2-4H2,1H3,(H,8,9)/t5-,6?/m1/s1. The van der Waals surface area contributed by atoms with E-state index < -0.39 is 5.97 Å². The Morgan fingerprint density at radius 3 is 2.80 bits per heavy atom. The molecule has 1 unspecified atom stereocenters. The number of carboxylic acid groups (broad SMARTS) is 1. The highest BCUT2D eigenvalue weighted by Gasteiger charge is 2.23.